The van der Waals surface area contributed by atoms with E-state index in [4.69, 9.17) is 4.52 Å². The molecule has 1 aliphatic rings. The van der Waals surface area contributed by atoms with Crippen molar-refractivity contribution in [3.8, 4) is 11.3 Å². The van der Waals surface area contributed by atoms with Crippen LogP contribution in [0.5, 0.6) is 0 Å². The van der Waals surface area contributed by atoms with Gasteiger partial charge in [0.25, 0.3) is 0 Å². The Labute approximate surface area is 144 Å². The average molecular weight is 339 g/mol. The van der Waals surface area contributed by atoms with Crippen LogP contribution >= 0.6 is 0 Å². The van der Waals surface area contributed by atoms with E-state index in [1.54, 1.807) is 18.5 Å². The van der Waals surface area contributed by atoms with E-state index in [-0.39, 0.29) is 5.82 Å². The van der Waals surface area contributed by atoms with E-state index in [0.717, 1.165) is 48.6 Å². The Morgan fingerprint density at radius 2 is 1.96 bits per heavy atom. The summed E-state index contributed by atoms with van der Waals surface area (Å²) < 4.78 is 18.4. The number of aromatic nitrogens is 3. The fraction of sp³-hybridized carbons (Fsp3) is 0.278. The van der Waals surface area contributed by atoms with E-state index in [1.807, 2.05) is 6.07 Å². The van der Waals surface area contributed by atoms with Crippen LogP contribution in [0.1, 0.15) is 17.0 Å². The van der Waals surface area contributed by atoms with Gasteiger partial charge in [-0.25, -0.2) is 14.4 Å². The number of hydrogen-bond acceptors (Lipinski definition) is 6. The molecule has 2 aromatic heterocycles. The van der Waals surface area contributed by atoms with Gasteiger partial charge in [-0.15, -0.1) is 0 Å². The molecule has 7 heteroatoms. The number of benzene rings is 1. The van der Waals surface area contributed by atoms with Crippen LogP contribution in [-0.4, -0.2) is 28.2 Å². The van der Waals surface area contributed by atoms with Gasteiger partial charge in [0.2, 0.25) is 0 Å². The van der Waals surface area contributed by atoms with Crippen LogP contribution < -0.4 is 10.6 Å². The zero-order chi connectivity index (χ0) is 17.1. The van der Waals surface area contributed by atoms with Crippen LogP contribution in [0.3, 0.4) is 0 Å². The van der Waals surface area contributed by atoms with Crippen molar-refractivity contribution in [1.82, 2.24) is 20.4 Å². The number of nitrogens with one attached hydrogen (secondary N) is 2. The monoisotopic (exact) mass is 339 g/mol. The number of halogens is 1. The molecule has 0 aliphatic carbocycles. The third-order valence-corrected chi connectivity index (χ3v) is 4.25. The van der Waals surface area contributed by atoms with Crippen molar-refractivity contribution in [3.05, 3.63) is 59.5 Å². The molecule has 1 aliphatic heterocycles. The Hall–Kier alpha value is -2.80. The van der Waals surface area contributed by atoms with Gasteiger partial charge in [-0.05, 0) is 37.2 Å². The van der Waals surface area contributed by atoms with Crippen molar-refractivity contribution < 1.29 is 8.91 Å². The lowest BCUT2D eigenvalue weighted by molar-refractivity contribution is 0.390. The molecule has 0 fully saturated rings. The van der Waals surface area contributed by atoms with Gasteiger partial charge in [-0.3, -0.25) is 0 Å². The minimum absolute atomic E-state index is 0.270. The highest BCUT2D eigenvalue weighted by molar-refractivity contribution is 5.58. The molecule has 0 spiro atoms. The van der Waals surface area contributed by atoms with Gasteiger partial charge < -0.3 is 15.2 Å². The normalized spacial score (nSPS) is 14.0. The van der Waals surface area contributed by atoms with Crippen LogP contribution in [0.25, 0.3) is 11.3 Å². The third-order valence-electron chi connectivity index (χ3n) is 4.25. The second-order valence-corrected chi connectivity index (χ2v) is 5.94. The molecule has 0 saturated heterocycles. The SMILES string of the molecule is Fc1ccc(-c2cc(CNc3ncnc4c3CCNCC4)on2)cc1. The maximum absolute atomic E-state index is 13.0. The lowest BCUT2D eigenvalue weighted by atomic mass is 10.1. The molecule has 0 amide bonds. The summed E-state index contributed by atoms with van der Waals surface area (Å²) in [6, 6.07) is 8.03. The van der Waals surface area contributed by atoms with E-state index in [2.05, 4.69) is 25.8 Å². The molecule has 128 valence electrons. The van der Waals surface area contributed by atoms with Gasteiger partial charge in [0.05, 0.1) is 12.2 Å². The quantitative estimate of drug-likeness (QED) is 0.761. The number of rotatable bonds is 4. The van der Waals surface area contributed by atoms with Gasteiger partial charge >= 0.3 is 0 Å². The zero-order valence-corrected chi connectivity index (χ0v) is 13.6. The molecule has 3 heterocycles. The molecule has 0 unspecified atom stereocenters. The minimum Gasteiger partial charge on any atom is -0.362 e. The van der Waals surface area contributed by atoms with Gasteiger partial charge in [-0.1, -0.05) is 5.16 Å². The third kappa shape index (κ3) is 3.51. The molecule has 6 nitrogen and oxygen atoms in total. The van der Waals surface area contributed by atoms with E-state index >= 15 is 0 Å². The van der Waals surface area contributed by atoms with Crippen LogP contribution in [0.4, 0.5) is 10.2 Å². The van der Waals surface area contributed by atoms with E-state index in [9.17, 15) is 4.39 Å². The Kier molecular flexibility index (Phi) is 4.39. The minimum atomic E-state index is -0.270. The van der Waals surface area contributed by atoms with Gasteiger partial charge in [0.15, 0.2) is 5.76 Å². The number of anilines is 1. The highest BCUT2D eigenvalue weighted by Crippen LogP contribution is 2.22. The largest absolute Gasteiger partial charge is 0.362 e. The summed E-state index contributed by atoms with van der Waals surface area (Å²) in [4.78, 5) is 8.76. The van der Waals surface area contributed by atoms with Crippen LogP contribution in [0, 0.1) is 5.82 Å². The highest BCUT2D eigenvalue weighted by Gasteiger charge is 2.14. The van der Waals surface area contributed by atoms with E-state index < -0.39 is 0 Å². The summed E-state index contributed by atoms with van der Waals surface area (Å²) in [6.45, 7) is 2.34. The van der Waals surface area contributed by atoms with Crippen molar-refractivity contribution >= 4 is 5.82 Å². The lowest BCUT2D eigenvalue weighted by Crippen LogP contribution is -2.16. The first kappa shape index (κ1) is 15.7. The number of nitrogens with zero attached hydrogens (tertiary/aromatic N) is 3. The second-order valence-electron chi connectivity index (χ2n) is 5.94. The van der Waals surface area contributed by atoms with Crippen molar-refractivity contribution in [1.29, 1.82) is 0 Å². The molecule has 0 radical (unpaired) electrons. The summed E-state index contributed by atoms with van der Waals surface area (Å²) in [7, 11) is 0. The standard InChI is InChI=1S/C18H18FN5O/c19-13-3-1-12(2-4-13)17-9-14(25-24-17)10-21-18-15-5-7-20-8-6-16(15)22-11-23-18/h1-4,9,11,20H,5-8,10H2,(H,21,22,23). The van der Waals surface area contributed by atoms with E-state index in [0.29, 0.717) is 18.0 Å². The Bertz CT molecular complexity index is 862. The molecular weight excluding hydrogens is 321 g/mol. The molecule has 0 atom stereocenters. The molecule has 3 aromatic rings. The van der Waals surface area contributed by atoms with Gasteiger partial charge in [-0.2, -0.15) is 0 Å². The molecule has 0 bridgehead atoms. The Morgan fingerprint density at radius 1 is 1.12 bits per heavy atom. The summed E-state index contributed by atoms with van der Waals surface area (Å²) in [5.74, 6) is 1.26. The molecule has 25 heavy (non-hydrogen) atoms. The Morgan fingerprint density at radius 3 is 2.84 bits per heavy atom. The number of fused-ring (bicyclic) bond motifs is 1. The van der Waals surface area contributed by atoms with Crippen molar-refractivity contribution in [3.63, 3.8) is 0 Å². The second kappa shape index (κ2) is 6.98. The van der Waals surface area contributed by atoms with Crippen LogP contribution in [-0.2, 0) is 19.4 Å². The predicted molar refractivity (Wildman–Crippen MR) is 91.5 cm³/mol. The molecule has 0 saturated carbocycles. The molecule has 1 aromatic carbocycles. The summed E-state index contributed by atoms with van der Waals surface area (Å²) >= 11 is 0. The maximum Gasteiger partial charge on any atom is 0.156 e. The van der Waals surface area contributed by atoms with Crippen LogP contribution in [0.15, 0.2) is 41.2 Å². The Balaban J connectivity index is 1.48. The van der Waals surface area contributed by atoms with E-state index in [1.165, 1.54) is 12.1 Å². The smallest absolute Gasteiger partial charge is 0.156 e. The fourth-order valence-corrected chi connectivity index (χ4v) is 2.95. The summed E-state index contributed by atoms with van der Waals surface area (Å²) in [5.41, 5.74) is 3.75. The average Bonchev–Trinajstić information content (AvgIpc) is 2.97. The van der Waals surface area contributed by atoms with Crippen LogP contribution in [0.2, 0.25) is 0 Å². The fourth-order valence-electron chi connectivity index (χ4n) is 2.95. The van der Waals surface area contributed by atoms with Crippen molar-refractivity contribution in [2.24, 2.45) is 0 Å². The predicted octanol–water partition coefficient (Wildman–Crippen LogP) is 2.57. The maximum atomic E-state index is 13.0. The van der Waals surface area contributed by atoms with Gasteiger partial charge in [0, 0.05) is 30.2 Å². The lowest BCUT2D eigenvalue weighted by Gasteiger charge is -2.10. The van der Waals surface area contributed by atoms with Crippen molar-refractivity contribution in [2.45, 2.75) is 19.4 Å². The highest BCUT2D eigenvalue weighted by atomic mass is 19.1. The summed E-state index contributed by atoms with van der Waals surface area (Å²) in [6.07, 6.45) is 3.40. The first-order valence-corrected chi connectivity index (χ1v) is 8.28. The first-order chi connectivity index (χ1) is 12.3. The van der Waals surface area contributed by atoms with Crippen molar-refractivity contribution in [2.75, 3.05) is 18.4 Å². The molecule has 4 rings (SSSR count). The molecular formula is C18H18FN5O. The first-order valence-electron chi connectivity index (χ1n) is 8.28. The summed E-state index contributed by atoms with van der Waals surface area (Å²) in [5, 5.41) is 10.7. The van der Waals surface area contributed by atoms with Gasteiger partial charge in [0.1, 0.15) is 23.7 Å². The topological polar surface area (TPSA) is 75.9 Å². The zero-order valence-electron chi connectivity index (χ0n) is 13.6. The molecule has 2 N–H and O–H groups in total. The number of hydrogen-bond donors (Lipinski definition) is 2.